The van der Waals surface area contributed by atoms with Gasteiger partial charge in [-0.15, -0.1) is 0 Å². The van der Waals surface area contributed by atoms with Gasteiger partial charge in [0.05, 0.1) is 11.1 Å². The number of para-hydroxylation sites is 1. The summed E-state index contributed by atoms with van der Waals surface area (Å²) in [7, 11) is 0. The van der Waals surface area contributed by atoms with Gasteiger partial charge in [0.15, 0.2) is 0 Å². The second kappa shape index (κ2) is 6.60. The summed E-state index contributed by atoms with van der Waals surface area (Å²) in [6.07, 6.45) is 1.55. The second-order valence-corrected chi connectivity index (χ2v) is 5.66. The van der Waals surface area contributed by atoms with E-state index < -0.39 is 0 Å². The molecule has 0 unspecified atom stereocenters. The fourth-order valence-electron chi connectivity index (χ4n) is 2.66. The molecule has 0 saturated heterocycles. The number of amides is 2. The van der Waals surface area contributed by atoms with Crippen LogP contribution in [0.15, 0.2) is 54.7 Å². The molecule has 3 aromatic rings. The van der Waals surface area contributed by atoms with Crippen LogP contribution in [0, 0.1) is 0 Å². The van der Waals surface area contributed by atoms with Gasteiger partial charge in [0.2, 0.25) is 11.8 Å². The predicted octanol–water partition coefficient (Wildman–Crippen LogP) is 3.51. The fraction of sp³-hybridized carbons (Fsp3) is 0.105. The number of fused-ring (bicyclic) bond motifs is 1. The third-order valence-corrected chi connectivity index (χ3v) is 3.76. The van der Waals surface area contributed by atoms with E-state index in [1.807, 2.05) is 18.2 Å². The fourth-order valence-corrected chi connectivity index (χ4v) is 2.66. The van der Waals surface area contributed by atoms with Crippen molar-refractivity contribution in [3.63, 3.8) is 0 Å². The molecule has 0 aliphatic rings. The van der Waals surface area contributed by atoms with Crippen molar-refractivity contribution in [3.8, 4) is 0 Å². The Bertz CT molecular complexity index is 971. The molecule has 1 heterocycles. The Kier molecular flexibility index (Phi) is 4.35. The molecular formula is C19H17N3O3. The lowest BCUT2D eigenvalue weighted by Crippen LogP contribution is -2.12. The topological polar surface area (TPSA) is 80.2 Å². The van der Waals surface area contributed by atoms with Crippen LogP contribution in [0.25, 0.3) is 10.9 Å². The van der Waals surface area contributed by atoms with E-state index in [4.69, 9.17) is 0 Å². The zero-order valence-corrected chi connectivity index (χ0v) is 13.9. The third-order valence-electron chi connectivity index (χ3n) is 3.76. The monoisotopic (exact) mass is 335 g/mol. The first-order chi connectivity index (χ1) is 12.0. The van der Waals surface area contributed by atoms with Gasteiger partial charge in [-0.3, -0.25) is 19.0 Å². The molecule has 2 amide bonds. The number of benzene rings is 2. The Morgan fingerprint density at radius 3 is 2.04 bits per heavy atom. The highest BCUT2D eigenvalue weighted by molar-refractivity contribution is 6.14. The number of rotatable bonds is 3. The highest BCUT2D eigenvalue weighted by Crippen LogP contribution is 2.23. The van der Waals surface area contributed by atoms with Gasteiger partial charge in [0.25, 0.3) is 5.91 Å². The summed E-state index contributed by atoms with van der Waals surface area (Å²) in [6, 6.07) is 14.1. The number of hydrogen-bond acceptors (Lipinski definition) is 3. The average molecular weight is 335 g/mol. The number of nitrogens with one attached hydrogen (secondary N) is 2. The molecule has 6 heteroatoms. The average Bonchev–Trinajstić information content (AvgIpc) is 2.96. The highest BCUT2D eigenvalue weighted by Gasteiger charge is 2.16. The van der Waals surface area contributed by atoms with Gasteiger partial charge in [-0.1, -0.05) is 18.2 Å². The van der Waals surface area contributed by atoms with Crippen LogP contribution >= 0.6 is 0 Å². The number of nitrogens with zero attached hydrogens (tertiary/aromatic N) is 1. The summed E-state index contributed by atoms with van der Waals surface area (Å²) in [6.45, 7) is 2.88. The van der Waals surface area contributed by atoms with Gasteiger partial charge in [-0.2, -0.15) is 0 Å². The first-order valence-corrected chi connectivity index (χ1v) is 7.76. The van der Waals surface area contributed by atoms with E-state index in [-0.39, 0.29) is 17.7 Å². The van der Waals surface area contributed by atoms with Crippen molar-refractivity contribution < 1.29 is 14.4 Å². The molecule has 0 saturated carbocycles. The van der Waals surface area contributed by atoms with Crippen LogP contribution in [0.5, 0.6) is 0 Å². The van der Waals surface area contributed by atoms with Crippen LogP contribution in [-0.4, -0.2) is 22.3 Å². The van der Waals surface area contributed by atoms with E-state index in [2.05, 4.69) is 10.6 Å². The first-order valence-electron chi connectivity index (χ1n) is 7.76. The summed E-state index contributed by atoms with van der Waals surface area (Å²) >= 11 is 0. The molecule has 1 aromatic heterocycles. The van der Waals surface area contributed by atoms with Crippen molar-refractivity contribution in [2.45, 2.75) is 13.8 Å². The van der Waals surface area contributed by atoms with Crippen molar-refractivity contribution in [3.05, 3.63) is 60.3 Å². The third kappa shape index (κ3) is 3.42. The molecule has 3 rings (SSSR count). The van der Waals surface area contributed by atoms with E-state index in [0.717, 1.165) is 0 Å². The zero-order chi connectivity index (χ0) is 18.0. The molecule has 25 heavy (non-hydrogen) atoms. The molecule has 126 valence electrons. The molecule has 0 aliphatic heterocycles. The Morgan fingerprint density at radius 2 is 1.44 bits per heavy atom. The largest absolute Gasteiger partial charge is 0.326 e. The molecule has 0 aliphatic carbocycles. The second-order valence-electron chi connectivity index (χ2n) is 5.66. The lowest BCUT2D eigenvalue weighted by molar-refractivity contribution is -0.114. The first kappa shape index (κ1) is 16.4. The Labute approximate surface area is 144 Å². The molecule has 0 spiro atoms. The van der Waals surface area contributed by atoms with Crippen molar-refractivity contribution in [2.75, 3.05) is 10.6 Å². The summed E-state index contributed by atoms with van der Waals surface area (Å²) < 4.78 is 1.46. The summed E-state index contributed by atoms with van der Waals surface area (Å²) in [4.78, 5) is 35.4. The molecule has 2 N–H and O–H groups in total. The quantitative estimate of drug-likeness (QED) is 0.768. The van der Waals surface area contributed by atoms with Gasteiger partial charge >= 0.3 is 0 Å². The van der Waals surface area contributed by atoms with Crippen molar-refractivity contribution in [2.24, 2.45) is 0 Å². The van der Waals surface area contributed by atoms with Crippen LogP contribution in [0.2, 0.25) is 0 Å². The van der Waals surface area contributed by atoms with Crippen LogP contribution < -0.4 is 10.6 Å². The van der Waals surface area contributed by atoms with Gasteiger partial charge in [0, 0.05) is 36.8 Å². The maximum atomic E-state index is 12.6. The van der Waals surface area contributed by atoms with E-state index in [9.17, 15) is 14.4 Å². The number of aromatic nitrogens is 1. The number of hydrogen-bond donors (Lipinski definition) is 2. The highest BCUT2D eigenvalue weighted by atomic mass is 16.2. The number of carbonyl (C=O) groups is 3. The van der Waals surface area contributed by atoms with Gasteiger partial charge in [0.1, 0.15) is 0 Å². The van der Waals surface area contributed by atoms with Gasteiger partial charge < -0.3 is 10.6 Å². The van der Waals surface area contributed by atoms with Crippen LogP contribution in [0.4, 0.5) is 11.4 Å². The standard InChI is InChI=1S/C19H17N3O3/c1-12(23)20-14-7-9-15(10-8-14)21-19(25)17-11-22(13(2)24)18-6-4-3-5-16(17)18/h3-11H,1-2H3,(H,20,23)(H,21,25). The minimum atomic E-state index is -0.302. The normalized spacial score (nSPS) is 10.5. The van der Waals surface area contributed by atoms with Gasteiger partial charge in [-0.05, 0) is 30.3 Å². The molecule has 6 nitrogen and oxygen atoms in total. The van der Waals surface area contributed by atoms with Crippen molar-refractivity contribution in [1.82, 2.24) is 4.57 Å². The maximum absolute atomic E-state index is 12.6. The smallest absolute Gasteiger partial charge is 0.257 e. The SMILES string of the molecule is CC(=O)Nc1ccc(NC(=O)c2cn(C(C)=O)c3ccccc23)cc1. The molecule has 0 fully saturated rings. The molecule has 0 radical (unpaired) electrons. The van der Waals surface area contributed by atoms with Gasteiger partial charge in [-0.25, -0.2) is 0 Å². The minimum absolute atomic E-state index is 0.157. The van der Waals surface area contributed by atoms with Crippen LogP contribution in [0.3, 0.4) is 0 Å². The minimum Gasteiger partial charge on any atom is -0.326 e. The lowest BCUT2D eigenvalue weighted by atomic mass is 10.1. The Hall–Kier alpha value is -3.41. The Balaban J connectivity index is 1.88. The summed E-state index contributed by atoms with van der Waals surface area (Å²) in [5.74, 6) is -0.618. The number of carbonyl (C=O) groups excluding carboxylic acids is 3. The number of anilines is 2. The van der Waals surface area contributed by atoms with E-state index in [0.29, 0.717) is 27.8 Å². The zero-order valence-electron chi connectivity index (χ0n) is 13.9. The van der Waals surface area contributed by atoms with Crippen LogP contribution in [-0.2, 0) is 4.79 Å². The Morgan fingerprint density at radius 1 is 0.840 bits per heavy atom. The predicted molar refractivity (Wildman–Crippen MR) is 96.9 cm³/mol. The van der Waals surface area contributed by atoms with E-state index in [1.165, 1.54) is 18.4 Å². The molecule has 0 atom stereocenters. The molecule has 0 bridgehead atoms. The van der Waals surface area contributed by atoms with Crippen LogP contribution in [0.1, 0.15) is 29.0 Å². The van der Waals surface area contributed by atoms with E-state index in [1.54, 1.807) is 36.5 Å². The summed E-state index contributed by atoms with van der Waals surface area (Å²) in [5.41, 5.74) is 2.37. The molecular weight excluding hydrogens is 318 g/mol. The lowest BCUT2D eigenvalue weighted by Gasteiger charge is -2.06. The maximum Gasteiger partial charge on any atom is 0.257 e. The van der Waals surface area contributed by atoms with Crippen molar-refractivity contribution in [1.29, 1.82) is 0 Å². The van der Waals surface area contributed by atoms with Crippen molar-refractivity contribution >= 4 is 40.0 Å². The summed E-state index contributed by atoms with van der Waals surface area (Å²) in [5, 5.41) is 6.18. The van der Waals surface area contributed by atoms with E-state index >= 15 is 0 Å². The molecule has 2 aromatic carbocycles.